The molecule has 2 amide bonds. The van der Waals surface area contributed by atoms with Gasteiger partial charge >= 0.3 is 0 Å². The number of aromatic nitrogens is 1. The Morgan fingerprint density at radius 1 is 1.06 bits per heavy atom. The molecule has 2 N–H and O–H groups in total. The highest BCUT2D eigenvalue weighted by atomic mass is 32.1. The lowest BCUT2D eigenvalue weighted by Crippen LogP contribution is -2.26. The van der Waals surface area contributed by atoms with Crippen molar-refractivity contribution >= 4 is 51.0 Å². The summed E-state index contributed by atoms with van der Waals surface area (Å²) in [7, 11) is 3.37. The summed E-state index contributed by atoms with van der Waals surface area (Å²) in [4.78, 5) is 31.3. The second-order valence-electron chi connectivity index (χ2n) is 8.47. The number of nitrogens with zero attached hydrogens (tertiary/aromatic N) is 1. The van der Waals surface area contributed by atoms with Crippen molar-refractivity contribution in [3.63, 3.8) is 0 Å². The fourth-order valence-corrected chi connectivity index (χ4v) is 5.15. The minimum Gasteiger partial charge on any atom is -0.497 e. The summed E-state index contributed by atoms with van der Waals surface area (Å²) in [5.41, 5.74) is 6.77. The number of H-pyrrole nitrogens is 1. The number of carbonyl (C=O) groups is 2. The number of ether oxygens (including phenoxy) is 1. The van der Waals surface area contributed by atoms with Gasteiger partial charge in [0.1, 0.15) is 5.75 Å². The first-order chi connectivity index (χ1) is 16.4. The number of hydrogen-bond donors (Lipinski definition) is 2. The van der Waals surface area contributed by atoms with Crippen LogP contribution in [0.5, 0.6) is 5.75 Å². The van der Waals surface area contributed by atoms with Gasteiger partial charge in [-0.05, 0) is 79.2 Å². The molecule has 1 aliphatic heterocycles. The average Bonchev–Trinajstić information content (AvgIpc) is 3.46. The van der Waals surface area contributed by atoms with Gasteiger partial charge in [-0.3, -0.25) is 9.59 Å². The van der Waals surface area contributed by atoms with Crippen LogP contribution in [0.15, 0.2) is 64.9 Å². The number of allylic oxidation sites excluding steroid dienone is 1. The maximum absolute atomic E-state index is 13.1. The number of aryl methyl sites for hydroxylation is 1. The van der Waals surface area contributed by atoms with E-state index in [9.17, 15) is 9.59 Å². The largest absolute Gasteiger partial charge is 0.497 e. The number of carbonyl (C=O) groups excluding carboxylic acids is 2. The smallest absolute Gasteiger partial charge is 0.258 e. The van der Waals surface area contributed by atoms with Gasteiger partial charge in [0.15, 0.2) is 0 Å². The van der Waals surface area contributed by atoms with Crippen molar-refractivity contribution in [3.8, 4) is 5.75 Å². The number of benzene rings is 2. The van der Waals surface area contributed by atoms with E-state index in [0.29, 0.717) is 11.1 Å². The molecule has 0 saturated carbocycles. The normalized spacial score (nSPS) is 15.9. The summed E-state index contributed by atoms with van der Waals surface area (Å²) >= 11 is 1.60. The first-order valence-electron chi connectivity index (χ1n) is 11.1. The molecular formula is C27H25N3O3S. The summed E-state index contributed by atoms with van der Waals surface area (Å²) in [6.07, 6.45) is 1.71. The standard InChI is InChI=1S/C27H25N3O3S/c1-16-4-5-18-14-34-15-24(18)29-26(31)25(16)23-13-19-12-17(6-11-22(19)28-23)27(32)30(2)20-7-9-21(33-3)10-8-20/h6-15,28H,4-5H2,1-3H3,(H,29,31)/b25-16+. The van der Waals surface area contributed by atoms with Crippen LogP contribution in [0.4, 0.5) is 11.4 Å². The molecule has 172 valence electrons. The van der Waals surface area contributed by atoms with Gasteiger partial charge in [0.2, 0.25) is 0 Å². The highest BCUT2D eigenvalue weighted by molar-refractivity contribution is 7.08. The molecular weight excluding hydrogens is 446 g/mol. The van der Waals surface area contributed by atoms with Crippen molar-refractivity contribution in [2.75, 3.05) is 24.4 Å². The number of aromatic amines is 1. The summed E-state index contributed by atoms with van der Waals surface area (Å²) in [5.74, 6) is 0.516. The van der Waals surface area contributed by atoms with Gasteiger partial charge in [-0.1, -0.05) is 5.57 Å². The number of amides is 2. The Kier molecular flexibility index (Phi) is 5.71. The number of methoxy groups -OCH3 is 1. The second-order valence-corrected chi connectivity index (χ2v) is 9.21. The number of thiophene rings is 1. The highest BCUT2D eigenvalue weighted by Crippen LogP contribution is 2.32. The third-order valence-corrected chi connectivity index (χ3v) is 7.11. The fourth-order valence-electron chi connectivity index (χ4n) is 4.32. The van der Waals surface area contributed by atoms with Crippen molar-refractivity contribution in [2.24, 2.45) is 0 Å². The van der Waals surface area contributed by atoms with Crippen molar-refractivity contribution in [2.45, 2.75) is 19.8 Å². The van der Waals surface area contributed by atoms with Crippen LogP contribution in [0.2, 0.25) is 0 Å². The van der Waals surface area contributed by atoms with E-state index in [1.807, 2.05) is 60.8 Å². The minimum atomic E-state index is -0.112. The van der Waals surface area contributed by atoms with Gasteiger partial charge in [-0.15, -0.1) is 11.3 Å². The summed E-state index contributed by atoms with van der Waals surface area (Å²) in [5, 5.41) is 8.02. The molecule has 2 aromatic heterocycles. The molecule has 4 aromatic rings. The molecule has 0 fully saturated rings. The molecule has 0 aliphatic carbocycles. The lowest BCUT2D eigenvalue weighted by molar-refractivity contribution is -0.111. The van der Waals surface area contributed by atoms with E-state index >= 15 is 0 Å². The number of hydrogen-bond acceptors (Lipinski definition) is 4. The number of anilines is 2. The highest BCUT2D eigenvalue weighted by Gasteiger charge is 2.22. The Morgan fingerprint density at radius 2 is 1.85 bits per heavy atom. The zero-order chi connectivity index (χ0) is 23.8. The zero-order valence-corrected chi connectivity index (χ0v) is 20.1. The van der Waals surface area contributed by atoms with E-state index < -0.39 is 0 Å². The third kappa shape index (κ3) is 3.99. The van der Waals surface area contributed by atoms with E-state index in [1.165, 1.54) is 5.56 Å². The van der Waals surface area contributed by atoms with E-state index in [-0.39, 0.29) is 11.8 Å². The maximum Gasteiger partial charge on any atom is 0.258 e. The predicted octanol–water partition coefficient (Wildman–Crippen LogP) is 5.87. The fraction of sp³-hybridized carbons (Fsp3) is 0.185. The van der Waals surface area contributed by atoms with Crippen molar-refractivity contribution in [1.29, 1.82) is 0 Å². The van der Waals surface area contributed by atoms with Crippen LogP contribution < -0.4 is 15.0 Å². The number of nitrogens with one attached hydrogen (secondary N) is 2. The molecule has 0 saturated heterocycles. The molecule has 5 rings (SSSR count). The van der Waals surface area contributed by atoms with Crippen LogP contribution in [0.1, 0.15) is 35.0 Å². The van der Waals surface area contributed by atoms with Gasteiger partial charge in [0, 0.05) is 34.6 Å². The molecule has 6 nitrogen and oxygen atoms in total. The van der Waals surface area contributed by atoms with Crippen LogP contribution in [-0.4, -0.2) is 31.0 Å². The van der Waals surface area contributed by atoms with Crippen LogP contribution >= 0.6 is 11.3 Å². The van der Waals surface area contributed by atoms with Crippen LogP contribution in [0.3, 0.4) is 0 Å². The van der Waals surface area contributed by atoms with Crippen LogP contribution in [0.25, 0.3) is 16.5 Å². The van der Waals surface area contributed by atoms with Gasteiger partial charge in [0.25, 0.3) is 11.8 Å². The molecule has 0 unspecified atom stereocenters. The van der Waals surface area contributed by atoms with Gasteiger partial charge in [-0.25, -0.2) is 0 Å². The van der Waals surface area contributed by atoms with Crippen LogP contribution in [-0.2, 0) is 11.2 Å². The first kappa shape index (κ1) is 22.0. The van der Waals surface area contributed by atoms with Gasteiger partial charge in [-0.2, -0.15) is 0 Å². The molecule has 0 radical (unpaired) electrons. The summed E-state index contributed by atoms with van der Waals surface area (Å²) in [6, 6.07) is 14.9. The summed E-state index contributed by atoms with van der Waals surface area (Å²) < 4.78 is 5.20. The monoisotopic (exact) mass is 471 g/mol. The van der Waals surface area contributed by atoms with Crippen molar-refractivity contribution < 1.29 is 14.3 Å². The Morgan fingerprint density at radius 3 is 2.62 bits per heavy atom. The number of rotatable bonds is 4. The van der Waals surface area contributed by atoms with Crippen molar-refractivity contribution in [3.05, 3.63) is 81.7 Å². The minimum absolute atomic E-state index is 0.112. The van der Waals surface area contributed by atoms with Crippen LogP contribution in [0, 0.1) is 0 Å². The zero-order valence-electron chi connectivity index (χ0n) is 19.3. The van der Waals surface area contributed by atoms with Gasteiger partial charge < -0.3 is 19.9 Å². The summed E-state index contributed by atoms with van der Waals surface area (Å²) in [6.45, 7) is 2.01. The molecule has 1 aliphatic rings. The molecule has 34 heavy (non-hydrogen) atoms. The van der Waals surface area contributed by atoms with Crippen molar-refractivity contribution in [1.82, 2.24) is 4.98 Å². The van der Waals surface area contributed by atoms with E-state index in [1.54, 1.807) is 30.4 Å². The van der Waals surface area contributed by atoms with E-state index in [2.05, 4.69) is 15.7 Å². The molecule has 0 bridgehead atoms. The Bertz CT molecular complexity index is 1430. The lowest BCUT2D eigenvalue weighted by Gasteiger charge is -2.17. The Labute approximate surface area is 201 Å². The molecule has 7 heteroatoms. The Hall–Kier alpha value is -3.84. The van der Waals surface area contributed by atoms with E-state index in [4.69, 9.17) is 4.74 Å². The number of fused-ring (bicyclic) bond motifs is 2. The molecule has 0 spiro atoms. The molecule has 0 atom stereocenters. The SMILES string of the molecule is COc1ccc(N(C)C(=O)c2ccc3[nH]c(/C4=C(/C)CCc5cscc5NC4=O)cc3c2)cc1. The lowest BCUT2D eigenvalue weighted by atomic mass is 9.97. The topological polar surface area (TPSA) is 74.4 Å². The molecule has 3 heterocycles. The van der Waals surface area contributed by atoms with Gasteiger partial charge in [0.05, 0.1) is 24.1 Å². The van der Waals surface area contributed by atoms with E-state index in [0.717, 1.165) is 52.1 Å². The third-order valence-electron chi connectivity index (χ3n) is 6.31. The molecule has 2 aromatic carbocycles. The quantitative estimate of drug-likeness (QED) is 0.391. The predicted molar refractivity (Wildman–Crippen MR) is 138 cm³/mol. The second kappa shape index (κ2) is 8.83. The average molecular weight is 472 g/mol. The Balaban J connectivity index is 1.44. The first-order valence-corrected chi connectivity index (χ1v) is 12.0. The maximum atomic E-state index is 13.1.